The fourth-order valence-corrected chi connectivity index (χ4v) is 5.84. The van der Waals surface area contributed by atoms with Gasteiger partial charge in [0.25, 0.3) is 0 Å². The smallest absolute Gasteiger partial charge is 0.358 e. The van der Waals surface area contributed by atoms with Gasteiger partial charge < -0.3 is 20.6 Å². The minimum atomic E-state index is -4.49. The molecule has 0 saturated heterocycles. The van der Waals surface area contributed by atoms with E-state index in [-0.39, 0.29) is 0 Å². The van der Waals surface area contributed by atoms with Crippen molar-refractivity contribution >= 4 is 29.2 Å². The predicted octanol–water partition coefficient (Wildman–Crippen LogP) is 1.48. The van der Waals surface area contributed by atoms with Gasteiger partial charge in [0.05, 0.1) is 6.61 Å². The Bertz CT molecular complexity index is 269. The third kappa shape index (κ3) is 3.91. The third-order valence-corrected chi connectivity index (χ3v) is 8.34. The Labute approximate surface area is 103 Å². The van der Waals surface area contributed by atoms with Crippen LogP contribution in [0.4, 0.5) is 0 Å². The number of hydrogen-bond donors (Lipinski definition) is 4. The third-order valence-electron chi connectivity index (χ3n) is 2.60. The van der Waals surface area contributed by atoms with Crippen LogP contribution in [0.15, 0.2) is 0 Å². The van der Waals surface area contributed by atoms with E-state index in [1.165, 1.54) is 17.2 Å². The quantitative estimate of drug-likeness (QED) is 0.345. The Morgan fingerprint density at radius 3 is 2.31 bits per heavy atom. The molecule has 0 aromatic rings. The number of hydrogen-bond acceptors (Lipinski definition) is 5. The number of aliphatic hydroxyl groups excluding tert-OH is 1. The summed E-state index contributed by atoms with van der Waals surface area (Å²) >= 11 is 0. The molecule has 16 heavy (non-hydrogen) atoms. The van der Waals surface area contributed by atoms with Crippen molar-refractivity contribution < 1.29 is 19.5 Å². The molecule has 1 rings (SSSR count). The van der Waals surface area contributed by atoms with Crippen molar-refractivity contribution in [2.24, 2.45) is 5.73 Å². The van der Waals surface area contributed by atoms with Gasteiger partial charge in [-0.25, -0.2) is 0 Å². The molecule has 5 N–H and O–H groups in total. The van der Waals surface area contributed by atoms with Crippen molar-refractivity contribution in [2.75, 3.05) is 6.61 Å². The van der Waals surface area contributed by atoms with E-state index in [9.17, 15) is 4.57 Å². The molecule has 0 radical (unpaired) electrons. The molecule has 0 aliphatic heterocycles. The van der Waals surface area contributed by atoms with E-state index >= 15 is 0 Å². The second kappa shape index (κ2) is 6.09. The molecule has 1 unspecified atom stereocenters. The van der Waals surface area contributed by atoms with Crippen molar-refractivity contribution in [3.63, 3.8) is 0 Å². The molecule has 0 bridgehead atoms. The van der Waals surface area contributed by atoms with Gasteiger partial charge in [0.2, 0.25) is 0 Å². The summed E-state index contributed by atoms with van der Waals surface area (Å²) in [6.45, 7) is -0.721. The SMILES string of the molecule is NC(CO)(SSC1CCCCC1)P(=O)(O)O. The Balaban J connectivity index is 2.47. The van der Waals surface area contributed by atoms with Crippen LogP contribution in [0.5, 0.6) is 0 Å². The van der Waals surface area contributed by atoms with E-state index < -0.39 is 18.8 Å². The molecule has 96 valence electrons. The molecule has 1 aliphatic rings. The highest BCUT2D eigenvalue weighted by molar-refractivity contribution is 8.78. The van der Waals surface area contributed by atoms with Crippen LogP contribution in [0.2, 0.25) is 0 Å². The zero-order valence-corrected chi connectivity index (χ0v) is 11.4. The van der Waals surface area contributed by atoms with Gasteiger partial charge in [-0.15, -0.1) is 0 Å². The average Bonchev–Trinajstić information content (AvgIpc) is 2.26. The van der Waals surface area contributed by atoms with Gasteiger partial charge in [0.1, 0.15) is 0 Å². The van der Waals surface area contributed by atoms with Gasteiger partial charge in [0, 0.05) is 5.25 Å². The highest BCUT2D eigenvalue weighted by Crippen LogP contribution is 2.57. The summed E-state index contributed by atoms with van der Waals surface area (Å²) in [7, 11) is -2.17. The van der Waals surface area contributed by atoms with Crippen LogP contribution in [-0.4, -0.2) is 31.4 Å². The fourth-order valence-electron chi connectivity index (χ4n) is 1.48. The lowest BCUT2D eigenvalue weighted by Gasteiger charge is -2.29. The number of rotatable bonds is 5. The topological polar surface area (TPSA) is 104 Å². The number of aliphatic hydroxyl groups is 1. The van der Waals surface area contributed by atoms with E-state index in [1.54, 1.807) is 0 Å². The number of nitrogens with two attached hydrogens (primary N) is 1. The molecule has 8 heteroatoms. The maximum Gasteiger partial charge on any atom is 0.358 e. The summed E-state index contributed by atoms with van der Waals surface area (Å²) in [6.07, 6.45) is 5.66. The molecule has 5 nitrogen and oxygen atoms in total. The second-order valence-corrected chi connectivity index (χ2v) is 9.01. The molecule has 1 atom stereocenters. The molecule has 0 aromatic carbocycles. The molecular weight excluding hydrogens is 269 g/mol. The van der Waals surface area contributed by atoms with Crippen molar-refractivity contribution in [2.45, 2.75) is 42.0 Å². The molecular formula is C8H18NO4PS2. The maximum atomic E-state index is 11.1. The second-order valence-electron chi connectivity index (χ2n) is 3.99. The highest BCUT2D eigenvalue weighted by atomic mass is 33.1. The van der Waals surface area contributed by atoms with Crippen molar-refractivity contribution in [3.8, 4) is 0 Å². The largest absolute Gasteiger partial charge is 0.393 e. The van der Waals surface area contributed by atoms with Crippen LogP contribution in [0.3, 0.4) is 0 Å². The molecule has 0 aromatic heterocycles. The lowest BCUT2D eigenvalue weighted by molar-refractivity contribution is 0.255. The first kappa shape index (κ1) is 14.8. The van der Waals surface area contributed by atoms with Crippen molar-refractivity contribution in [1.82, 2.24) is 0 Å². The lowest BCUT2D eigenvalue weighted by Crippen LogP contribution is -2.39. The minimum Gasteiger partial charge on any atom is -0.393 e. The first-order valence-electron chi connectivity index (χ1n) is 5.19. The van der Waals surface area contributed by atoms with E-state index in [0.717, 1.165) is 36.5 Å². The van der Waals surface area contributed by atoms with E-state index in [2.05, 4.69) is 0 Å². The van der Waals surface area contributed by atoms with Crippen molar-refractivity contribution in [3.05, 3.63) is 0 Å². The van der Waals surface area contributed by atoms with E-state index in [0.29, 0.717) is 5.25 Å². The Hall–Kier alpha value is 0.770. The van der Waals surface area contributed by atoms with E-state index in [1.807, 2.05) is 0 Å². The molecule has 1 saturated carbocycles. The first-order chi connectivity index (χ1) is 7.39. The molecule has 1 aliphatic carbocycles. The summed E-state index contributed by atoms with van der Waals surface area (Å²) in [4.78, 5) is 18.1. The zero-order chi connectivity index (χ0) is 12.2. The summed E-state index contributed by atoms with van der Waals surface area (Å²) in [5.74, 6) is 0. The maximum absolute atomic E-state index is 11.1. The molecule has 0 heterocycles. The summed E-state index contributed by atoms with van der Waals surface area (Å²) < 4.78 is 9.27. The predicted molar refractivity (Wildman–Crippen MR) is 68.1 cm³/mol. The van der Waals surface area contributed by atoms with Crippen LogP contribution >= 0.6 is 29.2 Å². The summed E-state index contributed by atoms with van der Waals surface area (Å²) in [5.41, 5.74) is 5.52. The highest BCUT2D eigenvalue weighted by Gasteiger charge is 2.44. The molecule has 0 amide bonds. The standard InChI is InChI=1S/C8H18NO4PS2/c9-8(6-10,14(11,12)13)16-15-7-4-2-1-3-5-7/h7,10H,1-6,9H2,(H2,11,12,13). The van der Waals surface area contributed by atoms with Gasteiger partial charge in [-0.1, -0.05) is 40.9 Å². The van der Waals surface area contributed by atoms with Gasteiger partial charge in [-0.3, -0.25) is 4.57 Å². The van der Waals surface area contributed by atoms with Crippen LogP contribution in [0.25, 0.3) is 0 Å². The first-order valence-corrected chi connectivity index (χ1v) is 9.01. The molecule has 1 fully saturated rings. The Morgan fingerprint density at radius 1 is 1.31 bits per heavy atom. The minimum absolute atomic E-state index is 0.389. The van der Waals surface area contributed by atoms with Gasteiger partial charge in [0.15, 0.2) is 4.61 Å². The van der Waals surface area contributed by atoms with Gasteiger partial charge in [-0.2, -0.15) is 0 Å². The lowest BCUT2D eigenvalue weighted by atomic mass is 10.0. The Morgan fingerprint density at radius 2 is 1.88 bits per heavy atom. The summed E-state index contributed by atoms with van der Waals surface area (Å²) in [6, 6.07) is 0. The van der Waals surface area contributed by atoms with Gasteiger partial charge >= 0.3 is 7.60 Å². The van der Waals surface area contributed by atoms with Crippen LogP contribution in [-0.2, 0) is 4.57 Å². The average molecular weight is 287 g/mol. The van der Waals surface area contributed by atoms with E-state index in [4.69, 9.17) is 20.6 Å². The van der Waals surface area contributed by atoms with Crippen LogP contribution in [0, 0.1) is 0 Å². The zero-order valence-electron chi connectivity index (χ0n) is 8.91. The van der Waals surface area contributed by atoms with Crippen LogP contribution < -0.4 is 5.73 Å². The Kier molecular flexibility index (Phi) is 5.64. The monoisotopic (exact) mass is 287 g/mol. The van der Waals surface area contributed by atoms with Crippen molar-refractivity contribution in [1.29, 1.82) is 0 Å². The fraction of sp³-hybridized carbons (Fsp3) is 1.00. The van der Waals surface area contributed by atoms with Crippen LogP contribution in [0.1, 0.15) is 32.1 Å². The molecule has 0 spiro atoms. The van der Waals surface area contributed by atoms with Gasteiger partial charge in [-0.05, 0) is 12.8 Å². The summed E-state index contributed by atoms with van der Waals surface area (Å²) in [5, 5.41) is 9.39. The normalized spacial score (nSPS) is 23.0.